The molecular formula is C48H66N8O7S. The number of carbonyl (C=O) groups is 5. The fourth-order valence-corrected chi connectivity index (χ4v) is 9.32. The Balaban J connectivity index is 0.000000762. The number of phenols is 1. The standard InChI is InChI=1S/C41H55N7O6S.C7H11NO/c1-9-47-35-13-12-28(20-31(35)32(21-41(4,5)23-54-25-50)37(47)34-22-55-40(44-34)45(6)7)29-16-27(17-30(51)19-29)18-33(39(53)48-15-11-10-14-42-48)43-38(52)36(26(2)3)46(8)24-49;1-2-7(9)8-5-3-4-6-8/h12-13,16-17,19-20,22,24-26,33,36,42,51H,9-11,14-15,18,21,23H2,1-8H3,(H,43,52);2H,1,3-6H2. The average Bonchev–Trinajstić information content (AvgIpc) is 4.05. The Morgan fingerprint density at radius 3 is 2.34 bits per heavy atom. The van der Waals surface area contributed by atoms with Crippen molar-refractivity contribution in [3.63, 3.8) is 0 Å². The van der Waals surface area contributed by atoms with Gasteiger partial charge in [0, 0.05) is 82.0 Å². The van der Waals surface area contributed by atoms with Gasteiger partial charge in [-0.05, 0) is 97.5 Å². The van der Waals surface area contributed by atoms with Gasteiger partial charge < -0.3 is 34.4 Å². The van der Waals surface area contributed by atoms with Crippen molar-refractivity contribution in [2.24, 2.45) is 11.3 Å². The fraction of sp³-hybridized carbons (Fsp3) is 0.500. The molecule has 2 saturated heterocycles. The number of benzene rings is 2. The maximum Gasteiger partial charge on any atom is 0.293 e. The number of hydrogen-bond acceptors (Lipinski definition) is 11. The molecule has 2 atom stereocenters. The lowest BCUT2D eigenvalue weighted by Gasteiger charge is -2.33. The first-order valence-corrected chi connectivity index (χ1v) is 23.0. The van der Waals surface area contributed by atoms with Gasteiger partial charge in [0.15, 0.2) is 5.13 Å². The van der Waals surface area contributed by atoms with Gasteiger partial charge >= 0.3 is 0 Å². The molecule has 0 spiro atoms. The third kappa shape index (κ3) is 12.1. The van der Waals surface area contributed by atoms with Gasteiger partial charge in [-0.2, -0.15) is 0 Å². The molecule has 16 heteroatoms. The number of carbonyl (C=O) groups excluding carboxylic acids is 5. The molecule has 2 aromatic heterocycles. The summed E-state index contributed by atoms with van der Waals surface area (Å²) in [6.45, 7) is 17.8. The van der Waals surface area contributed by atoms with E-state index in [2.05, 4.69) is 60.2 Å². The molecule has 4 amide bonds. The average molecular weight is 899 g/mol. The Morgan fingerprint density at radius 1 is 1.03 bits per heavy atom. The molecule has 64 heavy (non-hydrogen) atoms. The number of anilines is 1. The smallest absolute Gasteiger partial charge is 0.293 e. The van der Waals surface area contributed by atoms with Crippen LogP contribution in [-0.2, 0) is 48.1 Å². The van der Waals surface area contributed by atoms with Crippen molar-refractivity contribution in [1.29, 1.82) is 0 Å². The molecule has 3 N–H and O–H groups in total. The SMILES string of the molecule is C=CC(=O)N1CCCC1.CCn1c(-c2csc(N(C)C)n2)c(CC(C)(C)COC=O)c2cc(-c3cc(O)cc(CC(NC(=O)C(C(C)C)N(C)C=O)C(=O)N4CCCCN4)c3)ccc21. The van der Waals surface area contributed by atoms with E-state index in [1.54, 1.807) is 35.5 Å². The molecule has 2 aliphatic heterocycles. The molecule has 2 aliphatic rings. The van der Waals surface area contributed by atoms with E-state index in [-0.39, 0.29) is 41.9 Å². The van der Waals surface area contributed by atoms with Crippen molar-refractivity contribution in [1.82, 2.24) is 35.1 Å². The van der Waals surface area contributed by atoms with Gasteiger partial charge in [0.25, 0.3) is 12.4 Å². The molecule has 6 rings (SSSR count). The van der Waals surface area contributed by atoms with Gasteiger partial charge in [-0.25, -0.2) is 10.4 Å². The van der Waals surface area contributed by atoms with Crippen LogP contribution in [0.25, 0.3) is 33.4 Å². The highest BCUT2D eigenvalue weighted by atomic mass is 32.1. The lowest BCUT2D eigenvalue weighted by molar-refractivity contribution is -0.142. The van der Waals surface area contributed by atoms with Crippen LogP contribution in [0.15, 0.2) is 54.4 Å². The van der Waals surface area contributed by atoms with Gasteiger partial charge in [-0.3, -0.25) is 29.0 Å². The summed E-state index contributed by atoms with van der Waals surface area (Å²) >= 11 is 1.58. The van der Waals surface area contributed by atoms with E-state index in [4.69, 9.17) is 9.72 Å². The van der Waals surface area contributed by atoms with E-state index < -0.39 is 18.0 Å². The quantitative estimate of drug-likeness (QED) is 0.0793. The van der Waals surface area contributed by atoms with Crippen LogP contribution in [0, 0.1) is 11.3 Å². The molecule has 2 aromatic carbocycles. The van der Waals surface area contributed by atoms with E-state index in [0.717, 1.165) is 82.9 Å². The largest absolute Gasteiger partial charge is 0.508 e. The maximum atomic E-state index is 14.0. The molecule has 0 aliphatic carbocycles. The first-order chi connectivity index (χ1) is 30.5. The van der Waals surface area contributed by atoms with Gasteiger partial charge in [0.1, 0.15) is 23.5 Å². The number of ether oxygens (including phenoxy) is 1. The lowest BCUT2D eigenvalue weighted by Crippen LogP contribution is -2.58. The number of amides is 4. The third-order valence-corrected chi connectivity index (χ3v) is 12.6. The summed E-state index contributed by atoms with van der Waals surface area (Å²) in [5, 5.41) is 19.6. The molecular weight excluding hydrogens is 833 g/mol. The monoisotopic (exact) mass is 898 g/mol. The number of aryl methyl sites for hydroxylation is 1. The zero-order valence-corrected chi connectivity index (χ0v) is 39.5. The summed E-state index contributed by atoms with van der Waals surface area (Å²) in [5.74, 6) is -0.793. The van der Waals surface area contributed by atoms with Crippen molar-refractivity contribution < 1.29 is 33.8 Å². The molecule has 346 valence electrons. The molecule has 0 radical (unpaired) electrons. The minimum atomic E-state index is -0.953. The number of fused-ring (bicyclic) bond motifs is 1. The number of likely N-dealkylation sites (N-methyl/N-ethyl adjacent to an activating group) is 1. The van der Waals surface area contributed by atoms with E-state index in [9.17, 15) is 29.1 Å². The third-order valence-electron chi connectivity index (χ3n) is 11.6. The Hall–Kier alpha value is -5.74. The van der Waals surface area contributed by atoms with Gasteiger partial charge in [0.05, 0.1) is 12.3 Å². The minimum absolute atomic E-state index is 0.0276. The second kappa shape index (κ2) is 22.2. The van der Waals surface area contributed by atoms with Crippen molar-refractivity contribution in [3.8, 4) is 28.3 Å². The normalized spacial score (nSPS) is 15.0. The van der Waals surface area contributed by atoms with Crippen molar-refractivity contribution >= 4 is 58.0 Å². The van der Waals surface area contributed by atoms with Crippen LogP contribution in [0.2, 0.25) is 0 Å². The Kier molecular flexibility index (Phi) is 17.1. The second-order valence-corrected chi connectivity index (χ2v) is 18.8. The summed E-state index contributed by atoms with van der Waals surface area (Å²) in [4.78, 5) is 71.4. The first-order valence-electron chi connectivity index (χ1n) is 22.1. The van der Waals surface area contributed by atoms with E-state index in [0.29, 0.717) is 44.5 Å². The molecule has 4 aromatic rings. The maximum absolute atomic E-state index is 14.0. The summed E-state index contributed by atoms with van der Waals surface area (Å²) < 4.78 is 7.53. The van der Waals surface area contributed by atoms with Crippen molar-refractivity contribution in [3.05, 3.63) is 65.6 Å². The molecule has 15 nitrogen and oxygen atoms in total. The highest BCUT2D eigenvalue weighted by Gasteiger charge is 2.33. The minimum Gasteiger partial charge on any atom is -0.508 e. The van der Waals surface area contributed by atoms with E-state index in [1.807, 2.05) is 49.9 Å². The van der Waals surface area contributed by atoms with E-state index >= 15 is 0 Å². The highest BCUT2D eigenvalue weighted by molar-refractivity contribution is 7.14. The van der Waals surface area contributed by atoms with Gasteiger partial charge in [-0.15, -0.1) is 11.3 Å². The number of aromatic hydroxyl groups is 1. The molecule has 2 unspecified atom stereocenters. The predicted octanol–water partition coefficient (Wildman–Crippen LogP) is 6.03. The number of hydrazine groups is 1. The van der Waals surface area contributed by atoms with Gasteiger partial charge in [-0.1, -0.05) is 46.4 Å². The first kappa shape index (κ1) is 49.3. The number of aromatic nitrogens is 2. The summed E-state index contributed by atoms with van der Waals surface area (Å²) in [7, 11) is 5.50. The van der Waals surface area contributed by atoms with E-state index in [1.165, 1.54) is 11.0 Å². The van der Waals surface area contributed by atoms with Crippen LogP contribution in [0.5, 0.6) is 5.75 Å². The Bertz CT molecular complexity index is 2270. The molecule has 0 bridgehead atoms. The second-order valence-electron chi connectivity index (χ2n) is 17.9. The molecule has 2 fully saturated rings. The summed E-state index contributed by atoms with van der Waals surface area (Å²) in [6.07, 6.45) is 6.80. The molecule has 4 heterocycles. The zero-order chi connectivity index (χ0) is 46.7. The fourth-order valence-electron chi connectivity index (χ4n) is 8.58. The van der Waals surface area contributed by atoms with Crippen LogP contribution < -0.4 is 15.6 Å². The number of thiazole rings is 1. The number of phenolic OH excluding ortho intramolecular Hbond substituents is 1. The van der Waals surface area contributed by atoms with Crippen LogP contribution in [0.1, 0.15) is 71.4 Å². The number of rotatable bonds is 18. The van der Waals surface area contributed by atoms with Gasteiger partial charge in [0.2, 0.25) is 18.2 Å². The number of nitrogens with one attached hydrogen (secondary N) is 2. The lowest BCUT2D eigenvalue weighted by atomic mass is 9.85. The van der Waals surface area contributed by atoms with Crippen LogP contribution in [0.4, 0.5) is 5.13 Å². The van der Waals surface area contributed by atoms with Crippen LogP contribution >= 0.6 is 11.3 Å². The number of nitrogens with zero attached hydrogens (tertiary/aromatic N) is 6. The Labute approximate surface area is 381 Å². The number of hydrogen-bond donors (Lipinski definition) is 3. The van der Waals surface area contributed by atoms with Crippen molar-refractivity contribution in [2.75, 3.05) is 58.8 Å². The van der Waals surface area contributed by atoms with Crippen molar-refractivity contribution in [2.45, 2.75) is 91.8 Å². The highest BCUT2D eigenvalue weighted by Crippen LogP contribution is 2.41. The van der Waals surface area contributed by atoms with Crippen LogP contribution in [0.3, 0.4) is 0 Å². The summed E-state index contributed by atoms with van der Waals surface area (Å²) in [5.41, 5.74) is 9.03. The molecule has 0 saturated carbocycles. The number of likely N-dealkylation sites (tertiary alicyclic amines) is 1. The Morgan fingerprint density at radius 2 is 1.75 bits per heavy atom. The predicted molar refractivity (Wildman–Crippen MR) is 253 cm³/mol. The zero-order valence-electron chi connectivity index (χ0n) is 38.7. The summed E-state index contributed by atoms with van der Waals surface area (Å²) in [6, 6.07) is 9.77. The van der Waals surface area contributed by atoms with Crippen LogP contribution in [-0.4, -0.2) is 126 Å². The topological polar surface area (TPSA) is 170 Å².